The molecule has 1 aromatic heterocycles. The van der Waals surface area contributed by atoms with Gasteiger partial charge >= 0.3 is 0 Å². The first-order valence-corrected chi connectivity index (χ1v) is 11.8. The number of fused-ring (bicyclic) bond motifs is 1. The summed E-state index contributed by atoms with van der Waals surface area (Å²) in [5.41, 5.74) is 2.80. The lowest BCUT2D eigenvalue weighted by Gasteiger charge is -2.15. The van der Waals surface area contributed by atoms with E-state index in [1.807, 2.05) is 12.2 Å². The van der Waals surface area contributed by atoms with Gasteiger partial charge in [-0.05, 0) is 68.9 Å². The lowest BCUT2D eigenvalue weighted by Crippen LogP contribution is -2.15. The fraction of sp³-hybridized carbons (Fsp3) is 0.364. The minimum atomic E-state index is -3.49. The number of nitrogens with zero attached hydrogens (tertiary/aromatic N) is 1. The highest BCUT2D eigenvalue weighted by Crippen LogP contribution is 2.35. The SMILES string of the molecule is CCS(=O)(=O)Nc1ccc(-c2cc(NC(=O)C3CC3)nc3c2C=CCCC3)c(F)c1. The fourth-order valence-corrected chi connectivity index (χ4v) is 4.11. The van der Waals surface area contributed by atoms with Crippen molar-refractivity contribution in [3.8, 4) is 11.1 Å². The van der Waals surface area contributed by atoms with Crippen molar-refractivity contribution in [2.24, 2.45) is 5.92 Å². The van der Waals surface area contributed by atoms with Gasteiger partial charge in [0.15, 0.2) is 0 Å². The number of hydrogen-bond acceptors (Lipinski definition) is 4. The third-order valence-electron chi connectivity index (χ3n) is 5.32. The lowest BCUT2D eigenvalue weighted by molar-refractivity contribution is -0.117. The Balaban J connectivity index is 1.75. The maximum absolute atomic E-state index is 15.1. The molecule has 2 aliphatic rings. The summed E-state index contributed by atoms with van der Waals surface area (Å²) in [5.74, 6) is -0.231. The second-order valence-electron chi connectivity index (χ2n) is 7.67. The van der Waals surface area contributed by atoms with Gasteiger partial charge in [0.25, 0.3) is 0 Å². The zero-order valence-corrected chi connectivity index (χ0v) is 17.6. The number of pyridine rings is 1. The van der Waals surface area contributed by atoms with E-state index in [2.05, 4.69) is 15.0 Å². The molecule has 30 heavy (non-hydrogen) atoms. The average Bonchev–Trinajstić information content (AvgIpc) is 3.54. The molecule has 158 valence electrons. The predicted octanol–water partition coefficient (Wildman–Crippen LogP) is 4.35. The largest absolute Gasteiger partial charge is 0.310 e. The summed E-state index contributed by atoms with van der Waals surface area (Å²) in [5, 5.41) is 2.87. The number of aromatic nitrogens is 1. The Hall–Kier alpha value is -2.74. The van der Waals surface area contributed by atoms with Crippen molar-refractivity contribution in [3.05, 3.63) is 47.4 Å². The van der Waals surface area contributed by atoms with Gasteiger partial charge in [-0.15, -0.1) is 0 Å². The number of carbonyl (C=O) groups excluding carboxylic acids is 1. The minimum absolute atomic E-state index is 0.0385. The van der Waals surface area contributed by atoms with Crippen LogP contribution in [0, 0.1) is 11.7 Å². The molecule has 2 N–H and O–H groups in total. The van der Waals surface area contributed by atoms with Crippen LogP contribution in [0.15, 0.2) is 30.3 Å². The summed E-state index contributed by atoms with van der Waals surface area (Å²) in [6.45, 7) is 1.52. The zero-order chi connectivity index (χ0) is 21.3. The summed E-state index contributed by atoms with van der Waals surface area (Å²) in [6, 6.07) is 5.98. The van der Waals surface area contributed by atoms with E-state index in [1.165, 1.54) is 13.0 Å². The Morgan fingerprint density at radius 3 is 2.73 bits per heavy atom. The van der Waals surface area contributed by atoms with E-state index < -0.39 is 15.8 Å². The second-order valence-corrected chi connectivity index (χ2v) is 9.68. The van der Waals surface area contributed by atoms with E-state index in [9.17, 15) is 13.2 Å². The van der Waals surface area contributed by atoms with Crippen molar-refractivity contribution < 1.29 is 17.6 Å². The van der Waals surface area contributed by atoms with Gasteiger partial charge in [-0.3, -0.25) is 9.52 Å². The van der Waals surface area contributed by atoms with E-state index in [-0.39, 0.29) is 23.3 Å². The van der Waals surface area contributed by atoms with Crippen molar-refractivity contribution in [1.82, 2.24) is 4.98 Å². The third kappa shape index (κ3) is 4.53. The van der Waals surface area contributed by atoms with Crippen molar-refractivity contribution >= 4 is 33.5 Å². The molecular formula is C22H24FN3O3S. The quantitative estimate of drug-likeness (QED) is 0.715. The van der Waals surface area contributed by atoms with Crippen LogP contribution >= 0.6 is 0 Å². The van der Waals surface area contributed by atoms with Crippen LogP contribution in [0.4, 0.5) is 15.9 Å². The van der Waals surface area contributed by atoms with Crippen molar-refractivity contribution in [1.29, 1.82) is 0 Å². The number of amides is 1. The molecule has 0 atom stereocenters. The number of aryl methyl sites for hydroxylation is 1. The highest BCUT2D eigenvalue weighted by Gasteiger charge is 2.30. The molecule has 0 bridgehead atoms. The smallest absolute Gasteiger partial charge is 0.232 e. The highest BCUT2D eigenvalue weighted by atomic mass is 32.2. The first-order chi connectivity index (χ1) is 14.4. The summed E-state index contributed by atoms with van der Waals surface area (Å²) >= 11 is 0. The van der Waals surface area contributed by atoms with Gasteiger partial charge in [-0.2, -0.15) is 0 Å². The zero-order valence-electron chi connectivity index (χ0n) is 16.7. The van der Waals surface area contributed by atoms with Crippen LogP contribution in [0.3, 0.4) is 0 Å². The predicted molar refractivity (Wildman–Crippen MR) is 116 cm³/mol. The number of allylic oxidation sites excluding steroid dienone is 1. The Kier molecular flexibility index (Phi) is 5.60. The number of hydrogen-bond donors (Lipinski definition) is 2. The molecule has 1 fully saturated rings. The van der Waals surface area contributed by atoms with Gasteiger partial charge < -0.3 is 5.32 Å². The number of nitrogens with one attached hydrogen (secondary N) is 2. The maximum atomic E-state index is 15.1. The number of halogens is 1. The summed E-state index contributed by atoms with van der Waals surface area (Å²) in [7, 11) is -3.49. The molecule has 2 aromatic rings. The van der Waals surface area contributed by atoms with Crippen LogP contribution in [0.5, 0.6) is 0 Å². The second kappa shape index (κ2) is 8.18. The first kappa shape index (κ1) is 20.5. The van der Waals surface area contributed by atoms with E-state index >= 15 is 4.39 Å². The molecule has 6 nitrogen and oxygen atoms in total. The molecule has 4 rings (SSSR count). The van der Waals surface area contributed by atoms with Crippen LogP contribution in [0.25, 0.3) is 17.2 Å². The number of carbonyl (C=O) groups is 1. The fourth-order valence-electron chi connectivity index (χ4n) is 3.48. The summed E-state index contributed by atoms with van der Waals surface area (Å²) in [6.07, 6.45) is 8.33. The van der Waals surface area contributed by atoms with Crippen LogP contribution in [0.2, 0.25) is 0 Å². The number of benzene rings is 1. The standard InChI is InChI=1S/C22H24FN3O3S/c1-2-30(28,29)26-15-10-11-16(19(23)12-15)18-13-21(25-22(27)14-8-9-14)24-20-7-5-3-4-6-17(18)20/h4,6,10-14,26H,2-3,5,7-9H2,1H3,(H,24,25,27). The molecule has 1 aromatic carbocycles. The molecule has 1 saturated carbocycles. The van der Waals surface area contributed by atoms with Gasteiger partial charge in [0.2, 0.25) is 15.9 Å². The topological polar surface area (TPSA) is 88.2 Å². The van der Waals surface area contributed by atoms with Crippen LogP contribution in [-0.4, -0.2) is 25.1 Å². The van der Waals surface area contributed by atoms with Crippen molar-refractivity contribution in [2.45, 2.75) is 39.0 Å². The molecule has 2 aliphatic carbocycles. The molecule has 1 amide bonds. The Bertz CT molecular complexity index is 1120. The van der Waals surface area contributed by atoms with E-state index in [1.54, 1.807) is 18.2 Å². The Morgan fingerprint density at radius 1 is 1.23 bits per heavy atom. The van der Waals surface area contributed by atoms with Crippen molar-refractivity contribution in [2.75, 3.05) is 15.8 Å². The van der Waals surface area contributed by atoms with Crippen LogP contribution in [0.1, 0.15) is 43.9 Å². The molecular weight excluding hydrogens is 405 g/mol. The average molecular weight is 430 g/mol. The number of sulfonamides is 1. The Morgan fingerprint density at radius 2 is 2.03 bits per heavy atom. The van der Waals surface area contributed by atoms with Gasteiger partial charge in [0.05, 0.1) is 17.1 Å². The molecule has 0 spiro atoms. The van der Waals surface area contributed by atoms with E-state index in [0.29, 0.717) is 16.9 Å². The van der Waals surface area contributed by atoms with Crippen LogP contribution in [-0.2, 0) is 21.2 Å². The monoisotopic (exact) mass is 429 g/mol. The number of rotatable bonds is 6. The van der Waals surface area contributed by atoms with Gasteiger partial charge in [0.1, 0.15) is 11.6 Å². The number of anilines is 2. The molecule has 0 aliphatic heterocycles. The van der Waals surface area contributed by atoms with E-state index in [0.717, 1.165) is 43.4 Å². The molecule has 8 heteroatoms. The van der Waals surface area contributed by atoms with Crippen LogP contribution < -0.4 is 10.0 Å². The lowest BCUT2D eigenvalue weighted by atomic mass is 9.97. The van der Waals surface area contributed by atoms with E-state index in [4.69, 9.17) is 0 Å². The summed E-state index contributed by atoms with van der Waals surface area (Å²) < 4.78 is 41.0. The summed E-state index contributed by atoms with van der Waals surface area (Å²) in [4.78, 5) is 16.8. The maximum Gasteiger partial charge on any atom is 0.232 e. The molecule has 0 saturated heterocycles. The molecule has 1 heterocycles. The van der Waals surface area contributed by atoms with Gasteiger partial charge in [0, 0.05) is 17.0 Å². The van der Waals surface area contributed by atoms with Crippen molar-refractivity contribution in [3.63, 3.8) is 0 Å². The first-order valence-electron chi connectivity index (χ1n) is 10.2. The van der Waals surface area contributed by atoms with Gasteiger partial charge in [-0.1, -0.05) is 12.2 Å². The normalized spacial score (nSPS) is 15.9. The molecule has 0 unspecified atom stereocenters. The highest BCUT2D eigenvalue weighted by molar-refractivity contribution is 7.92. The Labute approximate surface area is 175 Å². The minimum Gasteiger partial charge on any atom is -0.310 e. The van der Waals surface area contributed by atoms with Gasteiger partial charge in [-0.25, -0.2) is 17.8 Å². The third-order valence-corrected chi connectivity index (χ3v) is 6.63. The molecule has 0 radical (unpaired) electrons.